The standard InChI is InChI=1S/C26H27FN8O/c1-15-30-24(28)23-26(31-15)35(25(32-23)19-7-20(27)10-29-9-19)12-18-5-3-17(4-6-18)11-33-13-22-8-21(33)14-34(22)16(2)36/h3-7,9-10,21-22H,8,11-14H2,1-2H3,(H2,28,30,31)/t21-,22-/m0/s1. The van der Waals surface area contributed by atoms with Crippen molar-refractivity contribution in [1.29, 1.82) is 0 Å². The van der Waals surface area contributed by atoms with E-state index in [0.29, 0.717) is 52.8 Å². The molecule has 0 spiro atoms. The largest absolute Gasteiger partial charge is 0.382 e. The Hall–Kier alpha value is -3.92. The highest BCUT2D eigenvalue weighted by Gasteiger charge is 2.43. The summed E-state index contributed by atoms with van der Waals surface area (Å²) in [5.41, 5.74) is 10.1. The fourth-order valence-corrected chi connectivity index (χ4v) is 5.54. The topological polar surface area (TPSA) is 106 Å². The lowest BCUT2D eigenvalue weighted by Crippen LogP contribution is -2.47. The van der Waals surface area contributed by atoms with Crippen LogP contribution in [0, 0.1) is 12.7 Å². The Balaban J connectivity index is 1.26. The van der Waals surface area contributed by atoms with E-state index in [4.69, 9.17) is 5.73 Å². The third-order valence-electron chi connectivity index (χ3n) is 7.20. The van der Waals surface area contributed by atoms with Crippen molar-refractivity contribution in [3.05, 3.63) is 65.5 Å². The third-order valence-corrected chi connectivity index (χ3v) is 7.20. The number of rotatable bonds is 5. The van der Waals surface area contributed by atoms with Crippen LogP contribution in [0.15, 0.2) is 42.7 Å². The summed E-state index contributed by atoms with van der Waals surface area (Å²) in [5.74, 6) is 1.11. The number of hydrogen-bond acceptors (Lipinski definition) is 7. The monoisotopic (exact) mass is 486 g/mol. The number of aryl methyl sites for hydroxylation is 1. The van der Waals surface area contributed by atoms with Gasteiger partial charge in [0.1, 0.15) is 17.5 Å². The number of carbonyl (C=O) groups is 1. The van der Waals surface area contributed by atoms with Crippen LogP contribution in [-0.2, 0) is 17.9 Å². The van der Waals surface area contributed by atoms with Crippen molar-refractivity contribution in [1.82, 2.24) is 34.3 Å². The molecule has 5 heterocycles. The van der Waals surface area contributed by atoms with Crippen molar-refractivity contribution in [3.63, 3.8) is 0 Å². The van der Waals surface area contributed by atoms with Gasteiger partial charge in [-0.3, -0.25) is 14.7 Å². The summed E-state index contributed by atoms with van der Waals surface area (Å²) >= 11 is 0. The fraction of sp³-hybridized carbons (Fsp3) is 0.346. The Bertz CT molecular complexity index is 1470. The molecule has 0 saturated carbocycles. The van der Waals surface area contributed by atoms with E-state index in [2.05, 4.69) is 49.1 Å². The number of carbonyl (C=O) groups excluding carboxylic acids is 1. The van der Waals surface area contributed by atoms with Gasteiger partial charge in [0.25, 0.3) is 0 Å². The lowest BCUT2D eigenvalue weighted by molar-refractivity contribution is -0.131. The fourth-order valence-electron chi connectivity index (χ4n) is 5.54. The van der Waals surface area contributed by atoms with Gasteiger partial charge >= 0.3 is 0 Å². The van der Waals surface area contributed by atoms with Gasteiger partial charge in [-0.2, -0.15) is 0 Å². The summed E-state index contributed by atoms with van der Waals surface area (Å²) in [6.07, 6.45) is 3.81. The van der Waals surface area contributed by atoms with E-state index in [-0.39, 0.29) is 5.91 Å². The Kier molecular flexibility index (Phi) is 5.40. The molecule has 2 fully saturated rings. The molecule has 9 nitrogen and oxygen atoms in total. The predicted octanol–water partition coefficient (Wildman–Crippen LogP) is 2.77. The molecule has 3 aromatic heterocycles. The van der Waals surface area contributed by atoms with Crippen LogP contribution in [0.4, 0.5) is 10.2 Å². The number of imidazole rings is 1. The summed E-state index contributed by atoms with van der Waals surface area (Å²) in [6, 6.07) is 10.7. The van der Waals surface area contributed by atoms with Gasteiger partial charge in [-0.25, -0.2) is 19.3 Å². The van der Waals surface area contributed by atoms with E-state index < -0.39 is 5.82 Å². The van der Waals surface area contributed by atoms with Crippen LogP contribution in [-0.4, -0.2) is 65.4 Å². The molecule has 10 heteroatoms. The quantitative estimate of drug-likeness (QED) is 0.462. The maximum absolute atomic E-state index is 14.0. The van der Waals surface area contributed by atoms with E-state index in [0.717, 1.165) is 37.8 Å². The second kappa shape index (κ2) is 8.63. The van der Waals surface area contributed by atoms with Crippen LogP contribution in [0.25, 0.3) is 22.6 Å². The van der Waals surface area contributed by atoms with Gasteiger partial charge in [0.05, 0.1) is 12.7 Å². The number of halogens is 1. The molecular weight excluding hydrogens is 459 g/mol. The minimum Gasteiger partial charge on any atom is -0.382 e. The Morgan fingerprint density at radius 3 is 2.47 bits per heavy atom. The third kappa shape index (κ3) is 3.97. The molecule has 0 unspecified atom stereocenters. The number of nitrogen functional groups attached to an aromatic ring is 1. The van der Waals surface area contributed by atoms with Crippen molar-refractivity contribution in [2.75, 3.05) is 18.8 Å². The van der Waals surface area contributed by atoms with Gasteiger partial charge in [0, 0.05) is 50.4 Å². The first-order valence-electron chi connectivity index (χ1n) is 12.1. The second-order valence-corrected chi connectivity index (χ2v) is 9.70. The van der Waals surface area contributed by atoms with Crippen molar-refractivity contribution in [3.8, 4) is 11.4 Å². The molecule has 2 aliphatic rings. The van der Waals surface area contributed by atoms with E-state index in [1.165, 1.54) is 11.6 Å². The number of amides is 1. The number of fused-ring (bicyclic) bond motifs is 3. The van der Waals surface area contributed by atoms with E-state index >= 15 is 0 Å². The van der Waals surface area contributed by atoms with Crippen molar-refractivity contribution in [2.45, 2.75) is 45.4 Å². The normalized spacial score (nSPS) is 19.5. The second-order valence-electron chi connectivity index (χ2n) is 9.70. The maximum Gasteiger partial charge on any atom is 0.219 e. The molecule has 36 heavy (non-hydrogen) atoms. The highest BCUT2D eigenvalue weighted by atomic mass is 19.1. The van der Waals surface area contributed by atoms with Crippen molar-refractivity contribution in [2.24, 2.45) is 0 Å². The Labute approximate surface area is 207 Å². The average Bonchev–Trinajstić information content (AvgIpc) is 3.54. The summed E-state index contributed by atoms with van der Waals surface area (Å²) in [7, 11) is 0. The molecule has 6 rings (SSSR count). The smallest absolute Gasteiger partial charge is 0.219 e. The summed E-state index contributed by atoms with van der Waals surface area (Å²) < 4.78 is 15.9. The van der Waals surface area contributed by atoms with Crippen LogP contribution >= 0.6 is 0 Å². The summed E-state index contributed by atoms with van der Waals surface area (Å²) in [6.45, 7) is 6.55. The highest BCUT2D eigenvalue weighted by Crippen LogP contribution is 2.32. The molecule has 2 atom stereocenters. The molecule has 2 saturated heterocycles. The van der Waals surface area contributed by atoms with Gasteiger partial charge in [-0.1, -0.05) is 24.3 Å². The maximum atomic E-state index is 14.0. The Morgan fingerprint density at radius 2 is 1.81 bits per heavy atom. The van der Waals surface area contributed by atoms with Crippen molar-refractivity contribution >= 4 is 22.9 Å². The molecule has 2 aliphatic heterocycles. The summed E-state index contributed by atoms with van der Waals surface area (Å²) in [4.78, 5) is 33.7. The number of pyridine rings is 1. The number of hydrogen-bond donors (Lipinski definition) is 1. The van der Waals surface area contributed by atoms with Crippen molar-refractivity contribution < 1.29 is 9.18 Å². The first-order valence-corrected chi connectivity index (χ1v) is 12.1. The minimum absolute atomic E-state index is 0.175. The van der Waals surface area contributed by atoms with Crippen LogP contribution in [0.2, 0.25) is 0 Å². The van der Waals surface area contributed by atoms with Gasteiger partial charge in [0.2, 0.25) is 5.91 Å². The van der Waals surface area contributed by atoms with Crippen LogP contribution in [0.3, 0.4) is 0 Å². The number of aromatic nitrogens is 5. The first-order chi connectivity index (χ1) is 17.4. The SMILES string of the molecule is CC(=O)N1C[C@@H]2C[C@H]1CN2Cc1ccc(Cn2c(-c3cncc(F)c3)nc3c(N)nc(C)nc32)cc1. The lowest BCUT2D eigenvalue weighted by Gasteiger charge is -2.33. The van der Waals surface area contributed by atoms with E-state index in [1.807, 2.05) is 9.47 Å². The molecule has 0 radical (unpaired) electrons. The van der Waals surface area contributed by atoms with Crippen LogP contribution in [0.1, 0.15) is 30.3 Å². The minimum atomic E-state index is -0.437. The van der Waals surface area contributed by atoms with E-state index in [1.54, 1.807) is 20.0 Å². The lowest BCUT2D eigenvalue weighted by atomic mass is 10.1. The zero-order chi connectivity index (χ0) is 25.0. The molecular formula is C26H27FN8O. The number of anilines is 1. The molecule has 2 bridgehead atoms. The van der Waals surface area contributed by atoms with Crippen LogP contribution in [0.5, 0.6) is 0 Å². The Morgan fingerprint density at radius 1 is 1.06 bits per heavy atom. The predicted molar refractivity (Wildman–Crippen MR) is 133 cm³/mol. The van der Waals surface area contributed by atoms with Gasteiger partial charge < -0.3 is 15.2 Å². The highest BCUT2D eigenvalue weighted by molar-refractivity contribution is 5.85. The molecule has 4 aromatic rings. The molecule has 1 amide bonds. The van der Waals surface area contributed by atoms with Gasteiger partial charge in [-0.15, -0.1) is 0 Å². The molecule has 1 aromatic carbocycles. The zero-order valence-corrected chi connectivity index (χ0v) is 20.2. The number of piperazine rings is 1. The molecule has 184 valence electrons. The number of benzene rings is 1. The first kappa shape index (κ1) is 22.5. The van der Waals surface area contributed by atoms with Gasteiger partial charge in [-0.05, 0) is 30.5 Å². The molecule has 0 aliphatic carbocycles. The number of nitrogens with zero attached hydrogens (tertiary/aromatic N) is 7. The summed E-state index contributed by atoms with van der Waals surface area (Å²) in [5, 5.41) is 0. The average molecular weight is 487 g/mol. The van der Waals surface area contributed by atoms with E-state index in [9.17, 15) is 9.18 Å². The van der Waals surface area contributed by atoms with Crippen LogP contribution < -0.4 is 5.73 Å². The molecule has 2 N–H and O–H groups in total. The number of nitrogens with two attached hydrogens (primary N) is 1. The zero-order valence-electron chi connectivity index (χ0n) is 20.2. The number of likely N-dealkylation sites (tertiary alicyclic amines) is 2. The van der Waals surface area contributed by atoms with Gasteiger partial charge in [0.15, 0.2) is 17.0 Å².